The van der Waals surface area contributed by atoms with Gasteiger partial charge in [0, 0.05) is 27.8 Å². The highest BCUT2D eigenvalue weighted by Crippen LogP contribution is 2.67. The van der Waals surface area contributed by atoms with E-state index in [0.29, 0.717) is 23.7 Å². The van der Waals surface area contributed by atoms with Crippen molar-refractivity contribution in [2.75, 3.05) is 4.90 Å². The SMILES string of the molecule is CC1C(c2cccc3c2Oc2ccccc2C32C3C=CC=CC3C3C=CC=CC32)=NC(c2ccccc2)N1c1ccc(-c2ccc3c(c2)=CCC=3)cc1. The number of hydrogen-bond acceptors (Lipinski definition) is 3. The minimum absolute atomic E-state index is 0.00139. The fourth-order valence-electron chi connectivity index (χ4n) is 10.6. The number of allylic oxidation sites excluding steroid dienone is 8. The third-order valence-electron chi connectivity index (χ3n) is 12.8. The first-order valence-corrected chi connectivity index (χ1v) is 19.1. The van der Waals surface area contributed by atoms with Gasteiger partial charge in [0.1, 0.15) is 17.7 Å². The molecule has 0 bridgehead atoms. The number of ether oxygens (including phenoxy) is 1. The van der Waals surface area contributed by atoms with Gasteiger partial charge in [-0.2, -0.15) is 0 Å². The van der Waals surface area contributed by atoms with E-state index in [1.54, 1.807) is 0 Å². The van der Waals surface area contributed by atoms with Crippen molar-refractivity contribution in [3.8, 4) is 22.6 Å². The zero-order valence-electron chi connectivity index (χ0n) is 29.7. The van der Waals surface area contributed by atoms with Crippen LogP contribution in [-0.2, 0) is 5.41 Å². The minimum atomic E-state index is -0.276. The summed E-state index contributed by atoms with van der Waals surface area (Å²) in [4.78, 5) is 8.12. The average molecular weight is 685 g/mol. The van der Waals surface area contributed by atoms with Crippen molar-refractivity contribution in [1.29, 1.82) is 0 Å². The lowest BCUT2D eigenvalue weighted by Crippen LogP contribution is -2.42. The first-order chi connectivity index (χ1) is 26.2. The Hall–Kier alpha value is -5.93. The van der Waals surface area contributed by atoms with E-state index in [9.17, 15) is 0 Å². The quantitative estimate of drug-likeness (QED) is 0.188. The number of fused-ring (bicyclic) bond motifs is 10. The number of hydrogen-bond donors (Lipinski definition) is 0. The highest BCUT2D eigenvalue weighted by Gasteiger charge is 2.62. The molecule has 0 N–H and O–H groups in total. The number of nitrogens with zero attached hydrogens (tertiary/aromatic N) is 2. The van der Waals surface area contributed by atoms with Crippen LogP contribution in [0.1, 0.15) is 41.8 Å². The van der Waals surface area contributed by atoms with Crippen LogP contribution in [0.5, 0.6) is 11.5 Å². The molecule has 6 unspecified atom stereocenters. The molecule has 11 rings (SSSR count). The molecule has 5 aromatic rings. The normalized spacial score (nSPS) is 27.9. The summed E-state index contributed by atoms with van der Waals surface area (Å²) in [7, 11) is 0. The van der Waals surface area contributed by atoms with Crippen LogP contribution in [0.4, 0.5) is 5.69 Å². The Morgan fingerprint density at radius 1 is 0.642 bits per heavy atom. The summed E-state index contributed by atoms with van der Waals surface area (Å²) in [6.07, 6.45) is 24.3. The molecule has 2 aliphatic heterocycles. The summed E-state index contributed by atoms with van der Waals surface area (Å²) >= 11 is 0. The number of para-hydroxylation sites is 2. The van der Waals surface area contributed by atoms with E-state index in [0.717, 1.165) is 34.9 Å². The second kappa shape index (κ2) is 11.8. The molecule has 256 valence electrons. The maximum absolute atomic E-state index is 7.11. The number of aliphatic imine (C=N–C) groups is 1. The molecule has 0 aromatic heterocycles. The molecule has 6 atom stereocenters. The van der Waals surface area contributed by atoms with E-state index in [2.05, 4.69) is 188 Å². The van der Waals surface area contributed by atoms with Gasteiger partial charge < -0.3 is 9.64 Å². The van der Waals surface area contributed by atoms with Gasteiger partial charge in [0.25, 0.3) is 0 Å². The van der Waals surface area contributed by atoms with Gasteiger partial charge >= 0.3 is 0 Å². The third kappa shape index (κ3) is 4.43. The van der Waals surface area contributed by atoms with Crippen molar-refractivity contribution in [1.82, 2.24) is 0 Å². The molecule has 3 nitrogen and oxygen atoms in total. The molecule has 2 heterocycles. The Balaban J connectivity index is 1.05. The molecule has 3 heteroatoms. The monoisotopic (exact) mass is 684 g/mol. The highest BCUT2D eigenvalue weighted by molar-refractivity contribution is 6.10. The molecule has 5 aromatic carbocycles. The van der Waals surface area contributed by atoms with Gasteiger partial charge in [0.15, 0.2) is 0 Å². The molecule has 53 heavy (non-hydrogen) atoms. The predicted octanol–water partition coefficient (Wildman–Crippen LogP) is 9.84. The molecular formula is C50H40N2O. The highest BCUT2D eigenvalue weighted by atomic mass is 16.5. The van der Waals surface area contributed by atoms with Crippen LogP contribution in [0.3, 0.4) is 0 Å². The fraction of sp³-hybridized carbons (Fsp3) is 0.180. The van der Waals surface area contributed by atoms with E-state index < -0.39 is 0 Å². The van der Waals surface area contributed by atoms with E-state index in [-0.39, 0.29) is 17.6 Å². The minimum Gasteiger partial charge on any atom is -0.456 e. The summed E-state index contributed by atoms with van der Waals surface area (Å²) in [5, 5.41) is 2.66. The Bertz CT molecular complexity index is 2540. The predicted molar refractivity (Wildman–Crippen MR) is 217 cm³/mol. The summed E-state index contributed by atoms with van der Waals surface area (Å²) in [6.45, 7) is 2.30. The van der Waals surface area contributed by atoms with Gasteiger partial charge in [-0.05, 0) is 94.5 Å². The molecule has 0 saturated heterocycles. The van der Waals surface area contributed by atoms with Gasteiger partial charge in [-0.1, -0.05) is 146 Å². The van der Waals surface area contributed by atoms with Crippen LogP contribution < -0.4 is 20.1 Å². The van der Waals surface area contributed by atoms with Gasteiger partial charge in [0.2, 0.25) is 0 Å². The molecule has 1 saturated carbocycles. The van der Waals surface area contributed by atoms with Gasteiger partial charge in [-0.3, -0.25) is 4.99 Å². The molecule has 1 fully saturated rings. The Morgan fingerprint density at radius 2 is 1.32 bits per heavy atom. The first kappa shape index (κ1) is 30.7. The average Bonchev–Trinajstić information content (AvgIpc) is 3.91. The van der Waals surface area contributed by atoms with Crippen LogP contribution in [0.15, 0.2) is 169 Å². The zero-order chi connectivity index (χ0) is 35.1. The lowest BCUT2D eigenvalue weighted by Gasteiger charge is -2.46. The Morgan fingerprint density at radius 3 is 2.11 bits per heavy atom. The number of benzene rings is 5. The van der Waals surface area contributed by atoms with E-state index in [4.69, 9.17) is 9.73 Å². The smallest absolute Gasteiger partial charge is 0.148 e. The van der Waals surface area contributed by atoms with E-state index in [1.807, 2.05) is 0 Å². The van der Waals surface area contributed by atoms with Gasteiger partial charge in [-0.15, -0.1) is 0 Å². The van der Waals surface area contributed by atoms with E-state index in [1.165, 1.54) is 38.3 Å². The van der Waals surface area contributed by atoms with Crippen LogP contribution in [-0.4, -0.2) is 11.8 Å². The van der Waals surface area contributed by atoms with Crippen LogP contribution in [0, 0.1) is 23.7 Å². The topological polar surface area (TPSA) is 24.8 Å². The zero-order valence-corrected chi connectivity index (χ0v) is 29.7. The molecule has 1 spiro atoms. The fourth-order valence-corrected chi connectivity index (χ4v) is 10.6. The van der Waals surface area contributed by atoms with Crippen molar-refractivity contribution in [3.05, 3.63) is 197 Å². The number of rotatable bonds is 4. The Kier molecular flexibility index (Phi) is 6.83. The first-order valence-electron chi connectivity index (χ1n) is 19.1. The summed E-state index contributed by atoms with van der Waals surface area (Å²) in [5.41, 5.74) is 9.23. The molecular weight excluding hydrogens is 645 g/mol. The molecule has 0 radical (unpaired) electrons. The van der Waals surface area contributed by atoms with Crippen LogP contribution in [0.25, 0.3) is 23.3 Å². The van der Waals surface area contributed by atoms with Crippen molar-refractivity contribution >= 4 is 23.6 Å². The summed E-state index contributed by atoms with van der Waals surface area (Å²) in [6, 6.07) is 42.2. The second-order valence-corrected chi connectivity index (χ2v) is 15.3. The lowest BCUT2D eigenvalue weighted by atomic mass is 9.59. The third-order valence-corrected chi connectivity index (χ3v) is 12.8. The summed E-state index contributed by atoms with van der Waals surface area (Å²) < 4.78 is 7.11. The molecule has 4 aliphatic carbocycles. The van der Waals surface area contributed by atoms with Gasteiger partial charge in [0.05, 0.1) is 11.8 Å². The Labute approximate surface area is 311 Å². The largest absolute Gasteiger partial charge is 0.456 e. The van der Waals surface area contributed by atoms with Crippen LogP contribution >= 0.6 is 0 Å². The van der Waals surface area contributed by atoms with E-state index >= 15 is 0 Å². The number of anilines is 1. The van der Waals surface area contributed by atoms with Crippen molar-refractivity contribution in [3.63, 3.8) is 0 Å². The lowest BCUT2D eigenvalue weighted by molar-refractivity contribution is 0.310. The van der Waals surface area contributed by atoms with Crippen LogP contribution in [0.2, 0.25) is 0 Å². The maximum Gasteiger partial charge on any atom is 0.148 e. The summed E-state index contributed by atoms with van der Waals surface area (Å²) in [5.74, 6) is 3.32. The van der Waals surface area contributed by atoms with Gasteiger partial charge in [-0.25, -0.2) is 0 Å². The standard InChI is InChI=1S/C50H40N2O/c1-32-47(51-49(35-13-3-2-4-14-35)52(32)38-29-27-34(28-30-38)37-26-25-33-15-11-16-36(33)31-37)41-19-12-23-45-48(41)53-46-24-10-9-22-44(46)50(45)42-20-7-5-17-39(42)40-18-6-8-21-43(40)50/h2-10,12-32,39-40,42-43,49H,11H2,1H3. The van der Waals surface area contributed by atoms with Crippen molar-refractivity contribution in [2.24, 2.45) is 28.7 Å². The maximum atomic E-state index is 7.11. The second-order valence-electron chi connectivity index (χ2n) is 15.3. The van der Waals surface area contributed by atoms with Crippen molar-refractivity contribution < 1.29 is 4.74 Å². The molecule has 6 aliphatic rings. The van der Waals surface area contributed by atoms with Crippen molar-refractivity contribution in [2.45, 2.75) is 31.0 Å². The molecule has 0 amide bonds.